The molecule has 0 amide bonds. The smallest absolute Gasteiger partial charge is 0.236 e. The molecule has 0 saturated heterocycles. The summed E-state index contributed by atoms with van der Waals surface area (Å²) in [6.45, 7) is 1.87. The molecular formula is C19H15N3OS. The third-order valence-corrected chi connectivity index (χ3v) is 4.90. The van der Waals surface area contributed by atoms with E-state index in [0.29, 0.717) is 12.2 Å². The number of thioether (sulfide) groups is 1. The predicted molar refractivity (Wildman–Crippen MR) is 97.1 cm³/mol. The lowest BCUT2D eigenvalue weighted by Gasteiger charge is -2.03. The van der Waals surface area contributed by atoms with Gasteiger partial charge in [-0.15, -0.1) is 0 Å². The van der Waals surface area contributed by atoms with Crippen molar-refractivity contribution >= 4 is 33.7 Å². The Balaban J connectivity index is 2.04. The number of carbonyl (C=O) groups excluding carboxylic acids is 1. The van der Waals surface area contributed by atoms with Gasteiger partial charge in [-0.3, -0.25) is 9.20 Å². The monoisotopic (exact) mass is 333 g/mol. The first-order valence-corrected chi connectivity index (χ1v) is 8.63. The van der Waals surface area contributed by atoms with Crippen molar-refractivity contribution in [2.24, 2.45) is 0 Å². The van der Waals surface area contributed by atoms with Gasteiger partial charge in [-0.05, 0) is 23.9 Å². The molecule has 0 aliphatic heterocycles. The number of benzene rings is 1. The van der Waals surface area contributed by atoms with Gasteiger partial charge < -0.3 is 0 Å². The van der Waals surface area contributed by atoms with E-state index in [9.17, 15) is 4.79 Å². The lowest BCUT2D eigenvalue weighted by Crippen LogP contribution is -1.92. The van der Waals surface area contributed by atoms with Gasteiger partial charge in [0.15, 0.2) is 5.12 Å². The van der Waals surface area contributed by atoms with Crippen LogP contribution in [-0.4, -0.2) is 19.5 Å². The summed E-state index contributed by atoms with van der Waals surface area (Å²) < 4.78 is 1.98. The summed E-state index contributed by atoms with van der Waals surface area (Å²) in [5.74, 6) is 0.626. The van der Waals surface area contributed by atoms with Crippen molar-refractivity contribution in [2.75, 3.05) is 0 Å². The van der Waals surface area contributed by atoms with Gasteiger partial charge in [0, 0.05) is 12.0 Å². The predicted octanol–water partition coefficient (Wildman–Crippen LogP) is 4.58. The second-order valence-electron chi connectivity index (χ2n) is 5.39. The van der Waals surface area contributed by atoms with Crippen molar-refractivity contribution in [1.29, 1.82) is 0 Å². The first kappa shape index (κ1) is 14.9. The number of nitrogens with zero attached hydrogens (tertiary/aromatic N) is 3. The van der Waals surface area contributed by atoms with Gasteiger partial charge in [0.2, 0.25) is 5.78 Å². The normalized spacial score (nSPS) is 11.2. The van der Waals surface area contributed by atoms with E-state index >= 15 is 0 Å². The quantitative estimate of drug-likeness (QED) is 0.515. The van der Waals surface area contributed by atoms with Crippen molar-refractivity contribution in [2.45, 2.75) is 18.4 Å². The van der Waals surface area contributed by atoms with E-state index in [1.807, 2.05) is 72.0 Å². The van der Waals surface area contributed by atoms with Crippen LogP contribution in [0, 0.1) is 0 Å². The molecule has 2 heterocycles. The van der Waals surface area contributed by atoms with E-state index in [-0.39, 0.29) is 5.12 Å². The Morgan fingerprint density at radius 2 is 1.71 bits per heavy atom. The highest BCUT2D eigenvalue weighted by molar-refractivity contribution is 8.13. The largest absolute Gasteiger partial charge is 0.287 e. The molecule has 0 atom stereocenters. The third-order valence-electron chi connectivity index (χ3n) is 3.82. The molecule has 0 aliphatic carbocycles. The van der Waals surface area contributed by atoms with Gasteiger partial charge in [-0.25, -0.2) is 9.97 Å². The lowest BCUT2D eigenvalue weighted by atomic mass is 10.2. The molecule has 0 saturated carbocycles. The summed E-state index contributed by atoms with van der Waals surface area (Å²) in [6.07, 6.45) is 0.478. The van der Waals surface area contributed by atoms with E-state index in [1.165, 1.54) is 11.8 Å². The highest BCUT2D eigenvalue weighted by atomic mass is 32.2. The summed E-state index contributed by atoms with van der Waals surface area (Å²) in [7, 11) is 0. The van der Waals surface area contributed by atoms with Crippen molar-refractivity contribution in [3.8, 4) is 11.3 Å². The van der Waals surface area contributed by atoms with Crippen LogP contribution in [0.3, 0.4) is 0 Å². The van der Waals surface area contributed by atoms with Crippen LogP contribution < -0.4 is 0 Å². The maximum absolute atomic E-state index is 12.1. The molecule has 0 unspecified atom stereocenters. The zero-order valence-corrected chi connectivity index (χ0v) is 14.0. The maximum atomic E-state index is 12.1. The Bertz CT molecular complexity index is 1040. The van der Waals surface area contributed by atoms with E-state index in [4.69, 9.17) is 4.98 Å². The Hall–Kier alpha value is -2.66. The SMILES string of the molecule is CCC(=O)Sc1c(-c2ccccc2)nc2nc3cccccc3n12. The lowest BCUT2D eigenvalue weighted by molar-refractivity contribution is -0.110. The van der Waals surface area contributed by atoms with Crippen molar-refractivity contribution in [1.82, 2.24) is 14.4 Å². The molecule has 0 radical (unpaired) electrons. The number of fused-ring (bicyclic) bond motifs is 3. The molecular weight excluding hydrogens is 318 g/mol. The van der Waals surface area contributed by atoms with Crippen molar-refractivity contribution < 1.29 is 4.79 Å². The van der Waals surface area contributed by atoms with E-state index in [0.717, 1.165) is 27.3 Å². The van der Waals surface area contributed by atoms with Gasteiger partial charge in [0.1, 0.15) is 10.7 Å². The van der Waals surface area contributed by atoms with Crippen LogP contribution in [0.2, 0.25) is 0 Å². The highest BCUT2D eigenvalue weighted by Crippen LogP contribution is 2.35. The number of imidazole rings is 2. The molecule has 0 bridgehead atoms. The minimum absolute atomic E-state index is 0.114. The highest BCUT2D eigenvalue weighted by Gasteiger charge is 2.20. The Morgan fingerprint density at radius 1 is 1.00 bits per heavy atom. The topological polar surface area (TPSA) is 47.3 Å². The third kappa shape index (κ3) is 2.47. The van der Waals surface area contributed by atoms with Crippen molar-refractivity contribution in [3.05, 3.63) is 60.7 Å². The summed E-state index contributed by atoms with van der Waals surface area (Å²) >= 11 is 1.24. The van der Waals surface area contributed by atoms with E-state index in [2.05, 4.69) is 4.98 Å². The fraction of sp³-hybridized carbons (Fsp3) is 0.105. The molecule has 0 spiro atoms. The number of hydrogen-bond acceptors (Lipinski definition) is 4. The number of aromatic nitrogens is 3. The van der Waals surface area contributed by atoms with Crippen LogP contribution in [0.1, 0.15) is 13.3 Å². The van der Waals surface area contributed by atoms with Gasteiger partial charge in [0.05, 0.1) is 11.0 Å². The summed E-state index contributed by atoms with van der Waals surface area (Å²) in [4.78, 5) is 21.5. The molecule has 0 fully saturated rings. The van der Waals surface area contributed by atoms with E-state index in [1.54, 1.807) is 0 Å². The van der Waals surface area contributed by atoms with Crippen LogP contribution >= 0.6 is 11.8 Å². The molecule has 4 aromatic rings. The fourth-order valence-corrected chi connectivity index (χ4v) is 3.56. The molecule has 0 N–H and O–H groups in total. The second-order valence-corrected chi connectivity index (χ2v) is 6.43. The number of carbonyl (C=O) groups is 1. The van der Waals surface area contributed by atoms with Crippen molar-refractivity contribution in [3.63, 3.8) is 0 Å². The van der Waals surface area contributed by atoms with E-state index < -0.39 is 0 Å². The van der Waals surface area contributed by atoms with Gasteiger partial charge in [-0.1, -0.05) is 55.5 Å². The zero-order chi connectivity index (χ0) is 16.5. The first-order chi connectivity index (χ1) is 11.8. The van der Waals surface area contributed by atoms with Crippen LogP contribution in [-0.2, 0) is 4.79 Å². The Morgan fingerprint density at radius 3 is 2.46 bits per heavy atom. The molecule has 2 aromatic heterocycles. The molecule has 4 rings (SSSR count). The Kier molecular flexibility index (Phi) is 3.78. The van der Waals surface area contributed by atoms with Crippen LogP contribution in [0.4, 0.5) is 0 Å². The second kappa shape index (κ2) is 6.09. The molecule has 4 nitrogen and oxygen atoms in total. The molecule has 2 aromatic carbocycles. The Labute approximate surface area is 143 Å². The average Bonchev–Trinajstić information content (AvgIpc) is 3.03. The number of hydrogen-bond donors (Lipinski definition) is 0. The van der Waals surface area contributed by atoms with Crippen LogP contribution in [0.25, 0.3) is 28.1 Å². The molecule has 5 heteroatoms. The zero-order valence-electron chi connectivity index (χ0n) is 13.1. The maximum Gasteiger partial charge on any atom is 0.236 e. The molecule has 0 aliphatic rings. The standard InChI is InChI=1S/C19H15N3OS/c1-2-16(23)24-18-17(13-9-5-3-6-10-13)21-19-20-14-11-7-4-8-12-15(14)22(18)19/h3-12H,2H2,1H3. The van der Waals surface area contributed by atoms with Gasteiger partial charge in [0.25, 0.3) is 0 Å². The average molecular weight is 333 g/mol. The number of rotatable bonds is 3. The van der Waals surface area contributed by atoms with Gasteiger partial charge in [-0.2, -0.15) is 0 Å². The molecule has 118 valence electrons. The minimum atomic E-state index is 0.114. The fourth-order valence-electron chi connectivity index (χ4n) is 2.66. The van der Waals surface area contributed by atoms with Gasteiger partial charge >= 0.3 is 0 Å². The minimum Gasteiger partial charge on any atom is -0.287 e. The first-order valence-electron chi connectivity index (χ1n) is 7.81. The summed E-state index contributed by atoms with van der Waals surface area (Å²) in [6, 6.07) is 19.8. The molecule has 24 heavy (non-hydrogen) atoms. The van der Waals surface area contributed by atoms with Crippen LogP contribution in [0.15, 0.2) is 65.7 Å². The summed E-state index contributed by atoms with van der Waals surface area (Å²) in [5.41, 5.74) is 3.62. The summed E-state index contributed by atoms with van der Waals surface area (Å²) in [5, 5.41) is 0.945. The van der Waals surface area contributed by atoms with Crippen LogP contribution in [0.5, 0.6) is 0 Å².